The van der Waals surface area contributed by atoms with Crippen LogP contribution in [0.5, 0.6) is 0 Å². The summed E-state index contributed by atoms with van der Waals surface area (Å²) in [6.07, 6.45) is 0.991. The van der Waals surface area contributed by atoms with E-state index >= 15 is 0 Å². The zero-order chi connectivity index (χ0) is 6.62. The van der Waals surface area contributed by atoms with Crippen LogP contribution in [0.1, 0.15) is 6.42 Å². The average molecular weight is 218 g/mol. The summed E-state index contributed by atoms with van der Waals surface area (Å²) in [6, 6.07) is 0. The van der Waals surface area contributed by atoms with E-state index in [1.807, 2.05) is 14.1 Å². The molecule has 58 valence electrons. The van der Waals surface area contributed by atoms with Crippen LogP contribution in [0.25, 0.3) is 0 Å². The molecule has 0 bridgehead atoms. The number of quaternary nitrogens is 1. The van der Waals surface area contributed by atoms with Gasteiger partial charge in [0.05, 0.1) is 20.6 Å². The first-order chi connectivity index (χ1) is 3.56. The molecule has 0 aliphatic rings. The van der Waals surface area contributed by atoms with Crippen LogP contribution in [0.4, 0.5) is 0 Å². The summed E-state index contributed by atoms with van der Waals surface area (Å²) in [5.41, 5.74) is 0. The molecule has 0 aromatic carbocycles. The molecule has 0 spiro atoms. The minimum Gasteiger partial charge on any atom is -1.00 e. The van der Waals surface area contributed by atoms with Gasteiger partial charge in [0, 0.05) is 12.3 Å². The summed E-state index contributed by atoms with van der Waals surface area (Å²) in [7, 11) is 3.90. The summed E-state index contributed by atoms with van der Waals surface area (Å²) in [6.45, 7) is 0.948. The van der Waals surface area contributed by atoms with Gasteiger partial charge in [-0.05, 0) is 0 Å². The van der Waals surface area contributed by atoms with Gasteiger partial charge in [0.1, 0.15) is 0 Å². The topological polar surface area (TPSA) is 26.0 Å². The van der Waals surface area contributed by atoms with Gasteiger partial charge in [-0.2, -0.15) is 5.84 Å². The van der Waals surface area contributed by atoms with Crippen LogP contribution in [0.15, 0.2) is 0 Å². The number of halogens is 2. The van der Waals surface area contributed by atoms with Crippen molar-refractivity contribution in [2.24, 2.45) is 5.84 Å². The first kappa shape index (κ1) is 12.4. The van der Waals surface area contributed by atoms with Gasteiger partial charge in [-0.1, -0.05) is 0 Å². The third-order valence-electron chi connectivity index (χ3n) is 0.868. The van der Waals surface area contributed by atoms with Crippen LogP contribution < -0.4 is 22.8 Å². The molecule has 0 atom stereocenters. The maximum absolute atomic E-state index is 5.60. The number of nitrogens with zero attached hydrogens (tertiary/aromatic N) is 1. The molecule has 0 saturated heterocycles. The molecule has 0 amide bonds. The lowest BCUT2D eigenvalue weighted by Gasteiger charge is -2.21. The highest BCUT2D eigenvalue weighted by Gasteiger charge is 2.04. The van der Waals surface area contributed by atoms with E-state index in [0.717, 1.165) is 13.0 Å². The minimum atomic E-state index is 0. The molecule has 9 heavy (non-hydrogen) atoms. The van der Waals surface area contributed by atoms with E-state index in [0.29, 0.717) is 10.5 Å². The van der Waals surface area contributed by atoms with Crippen molar-refractivity contribution >= 4 is 11.6 Å². The van der Waals surface area contributed by atoms with Crippen LogP contribution in [-0.2, 0) is 0 Å². The summed E-state index contributed by atoms with van der Waals surface area (Å²) in [4.78, 5) is 0. The van der Waals surface area contributed by atoms with Gasteiger partial charge in [0.2, 0.25) is 0 Å². The molecule has 0 rings (SSSR count). The number of nitrogens with two attached hydrogens (primary N) is 1. The average Bonchev–Trinajstić information content (AvgIpc) is 1.59. The van der Waals surface area contributed by atoms with Gasteiger partial charge in [0.25, 0.3) is 0 Å². The van der Waals surface area contributed by atoms with Gasteiger partial charge in [-0.15, -0.1) is 11.6 Å². The SMILES string of the molecule is C[N+](C)(N)CCCCl.[Br-]. The summed E-state index contributed by atoms with van der Waals surface area (Å²) >= 11 is 5.44. The Balaban J connectivity index is 0. The van der Waals surface area contributed by atoms with Crippen molar-refractivity contribution in [2.45, 2.75) is 6.42 Å². The van der Waals surface area contributed by atoms with E-state index in [9.17, 15) is 0 Å². The molecule has 0 aromatic heterocycles. The highest BCUT2D eigenvalue weighted by atomic mass is 79.9. The lowest BCUT2D eigenvalue weighted by atomic mass is 10.4. The predicted molar refractivity (Wildman–Crippen MR) is 36.5 cm³/mol. The molecule has 2 N–H and O–H groups in total. The Labute approximate surface area is 72.3 Å². The number of hydrogen-bond donors (Lipinski definition) is 1. The number of rotatable bonds is 3. The first-order valence-corrected chi connectivity index (χ1v) is 3.27. The predicted octanol–water partition coefficient (Wildman–Crippen LogP) is -2.43. The van der Waals surface area contributed by atoms with Gasteiger partial charge in [-0.3, -0.25) is 4.59 Å². The minimum absolute atomic E-state index is 0. The normalized spacial score (nSPS) is 10.7. The Morgan fingerprint density at radius 2 is 1.89 bits per heavy atom. The van der Waals surface area contributed by atoms with Gasteiger partial charge in [-0.25, -0.2) is 0 Å². The molecule has 2 nitrogen and oxygen atoms in total. The Hall–Kier alpha value is 0.690. The Morgan fingerprint density at radius 3 is 2.00 bits per heavy atom. The molecule has 0 aliphatic heterocycles. The molecular formula is C5H14BrClN2. The fourth-order valence-corrected chi connectivity index (χ4v) is 0.587. The molecule has 4 heteroatoms. The van der Waals surface area contributed by atoms with Crippen molar-refractivity contribution in [1.82, 2.24) is 0 Å². The van der Waals surface area contributed by atoms with Crippen molar-refractivity contribution in [3.05, 3.63) is 0 Å². The van der Waals surface area contributed by atoms with Crippen LogP contribution in [-0.4, -0.2) is 31.1 Å². The van der Waals surface area contributed by atoms with E-state index in [2.05, 4.69) is 0 Å². The maximum atomic E-state index is 5.60. The zero-order valence-electron chi connectivity index (χ0n) is 5.90. The van der Waals surface area contributed by atoms with E-state index in [1.54, 1.807) is 0 Å². The second-order valence-electron chi connectivity index (χ2n) is 2.54. The van der Waals surface area contributed by atoms with Gasteiger partial charge in [0.15, 0.2) is 0 Å². The van der Waals surface area contributed by atoms with Crippen LogP contribution >= 0.6 is 11.6 Å². The first-order valence-electron chi connectivity index (χ1n) is 2.74. The van der Waals surface area contributed by atoms with Crippen molar-refractivity contribution in [3.8, 4) is 0 Å². The van der Waals surface area contributed by atoms with Crippen molar-refractivity contribution < 1.29 is 21.6 Å². The number of hydrogen-bond acceptors (Lipinski definition) is 1. The Morgan fingerprint density at radius 1 is 1.44 bits per heavy atom. The van der Waals surface area contributed by atoms with Crippen molar-refractivity contribution in [2.75, 3.05) is 26.5 Å². The third-order valence-corrected chi connectivity index (χ3v) is 1.14. The molecule has 0 unspecified atom stereocenters. The monoisotopic (exact) mass is 216 g/mol. The molecule has 0 aromatic rings. The van der Waals surface area contributed by atoms with E-state index in [4.69, 9.17) is 17.4 Å². The fourth-order valence-electron chi connectivity index (χ4n) is 0.467. The van der Waals surface area contributed by atoms with Crippen LogP contribution in [0.3, 0.4) is 0 Å². The van der Waals surface area contributed by atoms with Crippen molar-refractivity contribution in [3.63, 3.8) is 0 Å². The standard InChI is InChI=1S/C5H14ClN2.BrH/c1-8(2,7)5-3-4-6;/h3-5,7H2,1-2H3;1H/q+1;/p-1. The summed E-state index contributed by atoms with van der Waals surface area (Å²) in [5, 5.41) is 0. The second-order valence-corrected chi connectivity index (χ2v) is 2.92. The lowest BCUT2D eigenvalue weighted by molar-refractivity contribution is -0.902. The highest BCUT2D eigenvalue weighted by molar-refractivity contribution is 6.17. The van der Waals surface area contributed by atoms with Gasteiger partial charge < -0.3 is 17.0 Å². The second kappa shape index (κ2) is 5.47. The van der Waals surface area contributed by atoms with Crippen LogP contribution in [0.2, 0.25) is 0 Å². The molecule has 0 radical (unpaired) electrons. The molecule has 0 saturated carbocycles. The van der Waals surface area contributed by atoms with E-state index < -0.39 is 0 Å². The molecular weight excluding hydrogens is 203 g/mol. The zero-order valence-corrected chi connectivity index (χ0v) is 8.24. The maximum Gasteiger partial charge on any atom is 0.0967 e. The summed E-state index contributed by atoms with van der Waals surface area (Å²) < 4.78 is 0.521. The largest absolute Gasteiger partial charge is 1.00 e. The smallest absolute Gasteiger partial charge is 0.0967 e. The Kier molecular flexibility index (Phi) is 7.52. The summed E-state index contributed by atoms with van der Waals surface area (Å²) in [5.74, 6) is 6.31. The lowest BCUT2D eigenvalue weighted by Crippen LogP contribution is -3.00. The molecule has 0 heterocycles. The van der Waals surface area contributed by atoms with Gasteiger partial charge >= 0.3 is 0 Å². The fraction of sp³-hybridized carbons (Fsp3) is 1.00. The van der Waals surface area contributed by atoms with Crippen molar-refractivity contribution in [1.29, 1.82) is 0 Å². The number of alkyl halides is 1. The quantitative estimate of drug-likeness (QED) is 0.242. The molecule has 0 aliphatic carbocycles. The van der Waals surface area contributed by atoms with E-state index in [-0.39, 0.29) is 17.0 Å². The Bertz CT molecular complexity index is 62.5. The van der Waals surface area contributed by atoms with Crippen LogP contribution in [0, 0.1) is 0 Å². The molecule has 0 fully saturated rings. The van der Waals surface area contributed by atoms with E-state index in [1.165, 1.54) is 0 Å². The highest BCUT2D eigenvalue weighted by Crippen LogP contribution is 1.90. The third kappa shape index (κ3) is 12.0.